The zero-order chi connectivity index (χ0) is 14.1. The first-order valence-corrected chi connectivity index (χ1v) is 6.71. The third kappa shape index (κ3) is 6.02. The van der Waals surface area contributed by atoms with Gasteiger partial charge in [-0.1, -0.05) is 0 Å². The molecule has 19 heavy (non-hydrogen) atoms. The highest BCUT2D eigenvalue weighted by atomic mass is 16.5. The summed E-state index contributed by atoms with van der Waals surface area (Å²) in [5.74, 6) is -0.514. The number of hydrogen-bond donors (Lipinski definition) is 0. The van der Waals surface area contributed by atoms with Gasteiger partial charge < -0.3 is 14.2 Å². The Hall–Kier alpha value is -1.14. The van der Waals surface area contributed by atoms with E-state index in [4.69, 9.17) is 9.47 Å². The Labute approximate surface area is 114 Å². The molecule has 0 N–H and O–H groups in total. The van der Waals surface area contributed by atoms with Crippen LogP contribution in [0.3, 0.4) is 0 Å². The molecule has 0 aliphatic carbocycles. The van der Waals surface area contributed by atoms with Crippen molar-refractivity contribution in [3.63, 3.8) is 0 Å². The van der Waals surface area contributed by atoms with Crippen molar-refractivity contribution in [2.45, 2.75) is 32.2 Å². The van der Waals surface area contributed by atoms with Gasteiger partial charge in [0.15, 0.2) is 0 Å². The smallest absolute Gasteiger partial charge is 0.320 e. The van der Waals surface area contributed by atoms with Crippen molar-refractivity contribution >= 4 is 11.9 Å². The second kappa shape index (κ2) is 8.87. The molecule has 0 saturated carbocycles. The lowest BCUT2D eigenvalue weighted by atomic mass is 10.1. The minimum Gasteiger partial charge on any atom is -0.469 e. The lowest BCUT2D eigenvalue weighted by Crippen LogP contribution is -2.43. The molecule has 6 heteroatoms. The topological polar surface area (TPSA) is 65.1 Å². The van der Waals surface area contributed by atoms with Crippen molar-refractivity contribution in [1.82, 2.24) is 4.90 Å². The van der Waals surface area contributed by atoms with Crippen LogP contribution in [-0.4, -0.2) is 62.9 Å². The maximum atomic E-state index is 11.6. The number of nitrogens with zero attached hydrogens (tertiary/aromatic N) is 1. The standard InChI is InChI=1S/C13H23NO5/c1-3-19-13(16)10-14(7-4-12(15)17-2)11-5-8-18-9-6-11/h11H,3-10H2,1-2H3. The van der Waals surface area contributed by atoms with Gasteiger partial charge >= 0.3 is 11.9 Å². The van der Waals surface area contributed by atoms with Crippen LogP contribution in [0.25, 0.3) is 0 Å². The van der Waals surface area contributed by atoms with Crippen LogP contribution >= 0.6 is 0 Å². The molecule has 0 unspecified atom stereocenters. The average Bonchev–Trinajstić information content (AvgIpc) is 2.44. The molecule has 0 radical (unpaired) electrons. The van der Waals surface area contributed by atoms with Crippen molar-refractivity contribution in [3.05, 3.63) is 0 Å². The van der Waals surface area contributed by atoms with Crippen LogP contribution < -0.4 is 0 Å². The Morgan fingerprint density at radius 1 is 1.26 bits per heavy atom. The van der Waals surface area contributed by atoms with Crippen LogP contribution in [0.5, 0.6) is 0 Å². The number of carbonyl (C=O) groups excluding carboxylic acids is 2. The van der Waals surface area contributed by atoms with Crippen molar-refractivity contribution in [3.8, 4) is 0 Å². The summed E-state index contributed by atoms with van der Waals surface area (Å²) < 4.78 is 14.9. The summed E-state index contributed by atoms with van der Waals surface area (Å²) in [7, 11) is 1.37. The predicted molar refractivity (Wildman–Crippen MR) is 68.7 cm³/mol. The number of hydrogen-bond acceptors (Lipinski definition) is 6. The molecule has 1 aliphatic rings. The normalized spacial score (nSPS) is 16.4. The lowest BCUT2D eigenvalue weighted by Gasteiger charge is -2.33. The van der Waals surface area contributed by atoms with E-state index in [0.717, 1.165) is 12.8 Å². The molecule has 0 aromatic heterocycles. The van der Waals surface area contributed by atoms with Gasteiger partial charge in [0.05, 0.1) is 26.7 Å². The molecule has 0 bridgehead atoms. The minimum absolute atomic E-state index is 0.218. The molecule has 1 saturated heterocycles. The Kier molecular flexibility index (Phi) is 7.43. The summed E-state index contributed by atoms with van der Waals surface area (Å²) in [6.07, 6.45) is 2.04. The van der Waals surface area contributed by atoms with Gasteiger partial charge in [-0.15, -0.1) is 0 Å². The largest absolute Gasteiger partial charge is 0.469 e. The molecule has 0 amide bonds. The Morgan fingerprint density at radius 3 is 2.53 bits per heavy atom. The molecule has 0 aromatic rings. The maximum Gasteiger partial charge on any atom is 0.320 e. The Balaban J connectivity index is 2.50. The summed E-state index contributed by atoms with van der Waals surface area (Å²) in [4.78, 5) is 24.8. The molecular weight excluding hydrogens is 250 g/mol. The molecule has 1 rings (SSSR count). The quantitative estimate of drug-likeness (QED) is 0.633. The second-order valence-corrected chi connectivity index (χ2v) is 4.45. The molecule has 110 valence electrons. The summed E-state index contributed by atoms with van der Waals surface area (Å²) in [6, 6.07) is 0.266. The first kappa shape index (κ1) is 15.9. The van der Waals surface area contributed by atoms with E-state index in [1.54, 1.807) is 6.92 Å². The van der Waals surface area contributed by atoms with Gasteiger partial charge in [0.2, 0.25) is 0 Å². The monoisotopic (exact) mass is 273 g/mol. The minimum atomic E-state index is -0.263. The van der Waals surface area contributed by atoms with E-state index in [1.807, 2.05) is 4.90 Å². The number of rotatable bonds is 7. The summed E-state index contributed by atoms with van der Waals surface area (Å²) in [5.41, 5.74) is 0. The van der Waals surface area contributed by atoms with Crippen molar-refractivity contribution in [2.24, 2.45) is 0 Å². The van der Waals surface area contributed by atoms with Gasteiger partial charge in [-0.05, 0) is 19.8 Å². The maximum absolute atomic E-state index is 11.6. The van der Waals surface area contributed by atoms with E-state index in [9.17, 15) is 9.59 Å². The molecule has 6 nitrogen and oxygen atoms in total. The summed E-state index contributed by atoms with van der Waals surface area (Å²) in [6.45, 7) is 4.28. The van der Waals surface area contributed by atoms with Crippen LogP contribution in [0.2, 0.25) is 0 Å². The zero-order valence-corrected chi connectivity index (χ0v) is 11.7. The molecule has 1 aliphatic heterocycles. The molecular formula is C13H23NO5. The number of methoxy groups -OCH3 is 1. The van der Waals surface area contributed by atoms with Crippen LogP contribution in [0.15, 0.2) is 0 Å². The average molecular weight is 273 g/mol. The van der Waals surface area contributed by atoms with E-state index in [1.165, 1.54) is 7.11 Å². The Bertz CT molecular complexity index is 289. The van der Waals surface area contributed by atoms with Gasteiger partial charge in [0.25, 0.3) is 0 Å². The SMILES string of the molecule is CCOC(=O)CN(CCC(=O)OC)C1CCOCC1. The van der Waals surface area contributed by atoms with E-state index in [-0.39, 0.29) is 30.9 Å². The molecule has 0 aromatic carbocycles. The molecule has 0 spiro atoms. The summed E-state index contributed by atoms with van der Waals surface area (Å²) >= 11 is 0. The Morgan fingerprint density at radius 2 is 1.95 bits per heavy atom. The highest BCUT2D eigenvalue weighted by Gasteiger charge is 2.24. The van der Waals surface area contributed by atoms with E-state index in [0.29, 0.717) is 26.4 Å². The predicted octanol–water partition coefficient (Wildman–Crippen LogP) is 0.594. The van der Waals surface area contributed by atoms with Gasteiger partial charge in [0, 0.05) is 25.8 Å². The zero-order valence-electron chi connectivity index (χ0n) is 11.7. The highest BCUT2D eigenvalue weighted by molar-refractivity contribution is 5.72. The molecule has 1 heterocycles. The van der Waals surface area contributed by atoms with Gasteiger partial charge in [-0.25, -0.2) is 0 Å². The van der Waals surface area contributed by atoms with E-state index < -0.39 is 0 Å². The number of esters is 2. The highest BCUT2D eigenvalue weighted by Crippen LogP contribution is 2.15. The third-order valence-corrected chi connectivity index (χ3v) is 3.18. The first-order chi connectivity index (χ1) is 9.17. The van der Waals surface area contributed by atoms with E-state index >= 15 is 0 Å². The lowest BCUT2D eigenvalue weighted by molar-refractivity contribution is -0.147. The first-order valence-electron chi connectivity index (χ1n) is 6.71. The molecule has 1 fully saturated rings. The fourth-order valence-electron chi connectivity index (χ4n) is 2.15. The van der Waals surface area contributed by atoms with Gasteiger partial charge in [-0.2, -0.15) is 0 Å². The molecule has 0 atom stereocenters. The van der Waals surface area contributed by atoms with Gasteiger partial charge in [-0.3, -0.25) is 14.5 Å². The van der Waals surface area contributed by atoms with Crippen molar-refractivity contribution in [2.75, 3.05) is 40.0 Å². The van der Waals surface area contributed by atoms with Crippen LogP contribution in [0.4, 0.5) is 0 Å². The van der Waals surface area contributed by atoms with Crippen molar-refractivity contribution < 1.29 is 23.8 Å². The van der Waals surface area contributed by atoms with Crippen LogP contribution in [0, 0.1) is 0 Å². The van der Waals surface area contributed by atoms with Crippen LogP contribution in [0.1, 0.15) is 26.2 Å². The van der Waals surface area contributed by atoms with Crippen LogP contribution in [-0.2, 0) is 23.8 Å². The fourth-order valence-corrected chi connectivity index (χ4v) is 2.15. The second-order valence-electron chi connectivity index (χ2n) is 4.45. The third-order valence-electron chi connectivity index (χ3n) is 3.18. The number of ether oxygens (including phenoxy) is 3. The van der Waals surface area contributed by atoms with Crippen molar-refractivity contribution in [1.29, 1.82) is 0 Å². The van der Waals surface area contributed by atoms with E-state index in [2.05, 4.69) is 4.74 Å². The fraction of sp³-hybridized carbons (Fsp3) is 0.846. The number of carbonyl (C=O) groups is 2. The van der Waals surface area contributed by atoms with Gasteiger partial charge in [0.1, 0.15) is 0 Å². The summed E-state index contributed by atoms with van der Waals surface area (Å²) in [5, 5.41) is 0.